The van der Waals surface area contributed by atoms with E-state index in [2.05, 4.69) is 15.4 Å². The minimum Gasteiger partial charge on any atom is -0.319 e. The number of amides is 1. The van der Waals surface area contributed by atoms with Crippen molar-refractivity contribution in [2.45, 2.75) is 0 Å². The highest BCUT2D eigenvalue weighted by atomic mass is 19.1. The average Bonchev–Trinajstić information content (AvgIpc) is 3.12. The normalized spacial score (nSPS) is 10.8. The van der Waals surface area contributed by atoms with Crippen molar-refractivity contribution in [1.29, 1.82) is 0 Å². The van der Waals surface area contributed by atoms with E-state index in [9.17, 15) is 9.18 Å². The van der Waals surface area contributed by atoms with Crippen LogP contribution < -0.4 is 5.32 Å². The highest BCUT2D eigenvalue weighted by molar-refractivity contribution is 6.03. The molecule has 0 saturated heterocycles. The fraction of sp³-hybridized carbons (Fsp3) is 0. The topological polar surface area (TPSA) is 59.8 Å². The van der Waals surface area contributed by atoms with Gasteiger partial charge in [-0.15, -0.1) is 0 Å². The number of hydrogen-bond acceptors (Lipinski definition) is 3. The Kier molecular flexibility index (Phi) is 3.70. The minimum absolute atomic E-state index is 0.262. The second-order valence-electron chi connectivity index (χ2n) is 5.49. The van der Waals surface area contributed by atoms with E-state index >= 15 is 0 Å². The van der Waals surface area contributed by atoms with Crippen molar-refractivity contribution in [2.24, 2.45) is 0 Å². The molecule has 2 aromatic carbocycles. The van der Waals surface area contributed by atoms with Crippen LogP contribution in [0, 0.1) is 5.82 Å². The lowest BCUT2D eigenvalue weighted by Gasteiger charge is -2.04. The first kappa shape index (κ1) is 15.0. The standard InChI is InChI=1S/C19H13FN4O/c20-14-5-7-16(8-6-14)24-10-9-18(23-24)19(25)22-15-11-13-3-1-2-4-17(13)21-12-15/h1-12H,(H,22,25). The van der Waals surface area contributed by atoms with E-state index < -0.39 is 0 Å². The molecule has 0 aliphatic rings. The zero-order valence-electron chi connectivity index (χ0n) is 13.1. The van der Waals surface area contributed by atoms with Gasteiger partial charge in [-0.3, -0.25) is 9.78 Å². The van der Waals surface area contributed by atoms with Crippen LogP contribution in [0.5, 0.6) is 0 Å². The Labute approximate surface area is 142 Å². The molecule has 1 amide bonds. The molecule has 4 rings (SSSR count). The van der Waals surface area contributed by atoms with Gasteiger partial charge in [0.2, 0.25) is 0 Å². The number of benzene rings is 2. The van der Waals surface area contributed by atoms with Crippen LogP contribution >= 0.6 is 0 Å². The molecule has 0 radical (unpaired) electrons. The maximum atomic E-state index is 13.0. The first-order valence-corrected chi connectivity index (χ1v) is 7.67. The highest BCUT2D eigenvalue weighted by Crippen LogP contribution is 2.17. The number of aromatic nitrogens is 3. The number of nitrogens with zero attached hydrogens (tertiary/aromatic N) is 3. The number of carbonyl (C=O) groups excluding carboxylic acids is 1. The lowest BCUT2D eigenvalue weighted by Crippen LogP contribution is -2.13. The Bertz CT molecular complexity index is 1060. The first-order chi connectivity index (χ1) is 12.2. The molecule has 25 heavy (non-hydrogen) atoms. The van der Waals surface area contributed by atoms with Gasteiger partial charge < -0.3 is 5.32 Å². The lowest BCUT2D eigenvalue weighted by molar-refractivity contribution is 0.102. The second-order valence-corrected chi connectivity index (χ2v) is 5.49. The van der Waals surface area contributed by atoms with E-state index in [1.807, 2.05) is 30.3 Å². The predicted octanol–water partition coefficient (Wildman–Crippen LogP) is 3.81. The molecule has 122 valence electrons. The van der Waals surface area contributed by atoms with Gasteiger partial charge in [-0.25, -0.2) is 9.07 Å². The molecule has 0 fully saturated rings. The number of halogens is 1. The third-order valence-electron chi connectivity index (χ3n) is 3.76. The van der Waals surface area contributed by atoms with E-state index in [1.165, 1.54) is 16.8 Å². The molecule has 1 N–H and O–H groups in total. The zero-order chi connectivity index (χ0) is 17.2. The summed E-state index contributed by atoms with van der Waals surface area (Å²) in [5.74, 6) is -0.657. The summed E-state index contributed by atoms with van der Waals surface area (Å²) in [6.07, 6.45) is 3.26. The quantitative estimate of drug-likeness (QED) is 0.620. The SMILES string of the molecule is O=C(Nc1cnc2ccccc2c1)c1ccn(-c2ccc(F)cc2)n1. The molecule has 0 unspecified atom stereocenters. The molecule has 5 nitrogen and oxygen atoms in total. The third-order valence-corrected chi connectivity index (χ3v) is 3.76. The van der Waals surface area contributed by atoms with Gasteiger partial charge in [-0.1, -0.05) is 18.2 Å². The van der Waals surface area contributed by atoms with Crippen molar-refractivity contribution >= 4 is 22.5 Å². The third kappa shape index (κ3) is 3.10. The number of para-hydroxylation sites is 1. The Hall–Kier alpha value is -3.54. The van der Waals surface area contributed by atoms with Gasteiger partial charge in [0.15, 0.2) is 5.69 Å². The van der Waals surface area contributed by atoms with Gasteiger partial charge >= 0.3 is 0 Å². The van der Waals surface area contributed by atoms with E-state index in [-0.39, 0.29) is 17.4 Å². The van der Waals surface area contributed by atoms with Crippen LogP contribution in [0.1, 0.15) is 10.5 Å². The second kappa shape index (κ2) is 6.16. The highest BCUT2D eigenvalue weighted by Gasteiger charge is 2.11. The van der Waals surface area contributed by atoms with E-state index in [0.717, 1.165) is 10.9 Å². The molecule has 0 atom stereocenters. The zero-order valence-corrected chi connectivity index (χ0v) is 13.1. The van der Waals surface area contributed by atoms with Gasteiger partial charge in [0.05, 0.1) is 23.1 Å². The van der Waals surface area contributed by atoms with Crippen molar-refractivity contribution in [3.05, 3.63) is 84.6 Å². The summed E-state index contributed by atoms with van der Waals surface area (Å²) in [5, 5.41) is 7.96. The summed E-state index contributed by atoms with van der Waals surface area (Å²) in [6.45, 7) is 0. The summed E-state index contributed by atoms with van der Waals surface area (Å²) in [5.41, 5.74) is 2.39. The summed E-state index contributed by atoms with van der Waals surface area (Å²) in [7, 11) is 0. The van der Waals surface area contributed by atoms with E-state index in [0.29, 0.717) is 11.4 Å². The van der Waals surface area contributed by atoms with Gasteiger partial charge in [0, 0.05) is 11.6 Å². The van der Waals surface area contributed by atoms with E-state index in [1.54, 1.807) is 30.6 Å². The van der Waals surface area contributed by atoms with Crippen molar-refractivity contribution in [1.82, 2.24) is 14.8 Å². The summed E-state index contributed by atoms with van der Waals surface area (Å²) in [6, 6.07) is 17.0. The van der Waals surface area contributed by atoms with Crippen LogP contribution in [0.2, 0.25) is 0 Å². The number of rotatable bonds is 3. The van der Waals surface area contributed by atoms with Crippen molar-refractivity contribution in [3.8, 4) is 5.69 Å². The van der Waals surface area contributed by atoms with E-state index in [4.69, 9.17) is 0 Å². The van der Waals surface area contributed by atoms with Crippen LogP contribution in [0.3, 0.4) is 0 Å². The average molecular weight is 332 g/mol. The number of pyridine rings is 1. The Morgan fingerprint density at radius 3 is 2.68 bits per heavy atom. The van der Waals surface area contributed by atoms with Crippen LogP contribution in [-0.4, -0.2) is 20.7 Å². The molecule has 0 spiro atoms. The van der Waals surface area contributed by atoms with Crippen molar-refractivity contribution in [3.63, 3.8) is 0 Å². The number of fused-ring (bicyclic) bond motifs is 1. The molecule has 0 saturated carbocycles. The first-order valence-electron chi connectivity index (χ1n) is 7.67. The van der Waals surface area contributed by atoms with Crippen molar-refractivity contribution < 1.29 is 9.18 Å². The van der Waals surface area contributed by atoms with Crippen LogP contribution in [0.25, 0.3) is 16.6 Å². The molecule has 2 heterocycles. The molecular formula is C19H13FN4O. The fourth-order valence-corrected chi connectivity index (χ4v) is 2.52. The fourth-order valence-electron chi connectivity index (χ4n) is 2.52. The van der Waals surface area contributed by atoms with Crippen LogP contribution in [0.15, 0.2) is 73.1 Å². The van der Waals surface area contributed by atoms with Gasteiger partial charge in [0.25, 0.3) is 5.91 Å². The molecule has 0 aliphatic carbocycles. The van der Waals surface area contributed by atoms with Gasteiger partial charge in [-0.2, -0.15) is 5.10 Å². The maximum Gasteiger partial charge on any atom is 0.276 e. The Balaban J connectivity index is 1.55. The number of anilines is 1. The molecular weight excluding hydrogens is 319 g/mol. The lowest BCUT2D eigenvalue weighted by atomic mass is 10.2. The van der Waals surface area contributed by atoms with Crippen LogP contribution in [-0.2, 0) is 0 Å². The number of hydrogen-bond donors (Lipinski definition) is 1. The monoisotopic (exact) mass is 332 g/mol. The van der Waals surface area contributed by atoms with Crippen LogP contribution in [0.4, 0.5) is 10.1 Å². The predicted molar refractivity (Wildman–Crippen MR) is 93.2 cm³/mol. The smallest absolute Gasteiger partial charge is 0.276 e. The molecule has 0 aliphatic heterocycles. The summed E-state index contributed by atoms with van der Waals surface area (Å²) in [4.78, 5) is 16.7. The number of carbonyl (C=O) groups is 1. The van der Waals surface area contributed by atoms with Gasteiger partial charge in [0.1, 0.15) is 5.82 Å². The number of nitrogens with one attached hydrogen (secondary N) is 1. The molecule has 2 aromatic heterocycles. The maximum absolute atomic E-state index is 13.0. The molecule has 6 heteroatoms. The molecule has 4 aromatic rings. The summed E-state index contributed by atoms with van der Waals surface area (Å²) >= 11 is 0. The Morgan fingerprint density at radius 1 is 1.04 bits per heavy atom. The van der Waals surface area contributed by atoms with Gasteiger partial charge in [-0.05, 0) is 42.5 Å². The summed E-state index contributed by atoms with van der Waals surface area (Å²) < 4.78 is 14.5. The largest absolute Gasteiger partial charge is 0.319 e. The Morgan fingerprint density at radius 2 is 1.84 bits per heavy atom. The molecule has 0 bridgehead atoms. The minimum atomic E-state index is -0.335. The van der Waals surface area contributed by atoms with Crippen molar-refractivity contribution in [2.75, 3.05) is 5.32 Å².